The highest BCUT2D eigenvalue weighted by atomic mass is 32.2. The lowest BCUT2D eigenvalue weighted by Gasteiger charge is -2.10. The summed E-state index contributed by atoms with van der Waals surface area (Å²) in [5.41, 5.74) is 2.02. The molecule has 0 bridgehead atoms. The molecule has 2 aromatic carbocycles. The summed E-state index contributed by atoms with van der Waals surface area (Å²) in [4.78, 5) is 28.2. The van der Waals surface area contributed by atoms with Crippen molar-refractivity contribution >= 4 is 33.2 Å². The summed E-state index contributed by atoms with van der Waals surface area (Å²) < 4.78 is 22.5. The Hall–Kier alpha value is -3.76. The average Bonchev–Trinajstić information content (AvgIpc) is 2.74. The van der Waals surface area contributed by atoms with Crippen molar-refractivity contribution in [3.05, 3.63) is 84.2 Å². The van der Waals surface area contributed by atoms with Crippen molar-refractivity contribution in [2.75, 3.05) is 17.3 Å². The van der Waals surface area contributed by atoms with E-state index in [1.807, 2.05) is 0 Å². The molecule has 3 aromatic rings. The quantitative estimate of drug-likeness (QED) is 0.425. The topological polar surface area (TPSA) is 143 Å². The van der Waals surface area contributed by atoms with Gasteiger partial charge in [0, 0.05) is 29.3 Å². The van der Waals surface area contributed by atoms with Crippen LogP contribution in [0.25, 0.3) is 0 Å². The molecule has 0 aliphatic carbocycles. The minimum Gasteiger partial charge on any atom is -0.368 e. The number of nitrogens with two attached hydrogens (primary N) is 1. The lowest BCUT2D eigenvalue weighted by Crippen LogP contribution is -2.28. The molecule has 9 nitrogen and oxygen atoms in total. The largest absolute Gasteiger partial charge is 0.368 e. The van der Waals surface area contributed by atoms with E-state index in [2.05, 4.69) is 20.9 Å². The highest BCUT2D eigenvalue weighted by Gasteiger charge is 2.09. The van der Waals surface area contributed by atoms with Crippen molar-refractivity contribution in [1.82, 2.24) is 10.3 Å². The molecule has 5 N–H and O–H groups in total. The zero-order chi connectivity index (χ0) is 21.6. The molecular formula is C20H19N5O4S. The van der Waals surface area contributed by atoms with Crippen molar-refractivity contribution in [1.29, 1.82) is 0 Å². The summed E-state index contributed by atoms with van der Waals surface area (Å²) in [6, 6.07) is 15.6. The van der Waals surface area contributed by atoms with E-state index in [4.69, 9.17) is 5.14 Å². The molecule has 10 heteroatoms. The summed E-state index contributed by atoms with van der Waals surface area (Å²) >= 11 is 0. The smallest absolute Gasteiger partial charge is 0.257 e. The molecule has 0 unspecified atom stereocenters. The Bertz CT molecular complexity index is 1130. The highest BCUT2D eigenvalue weighted by Crippen LogP contribution is 2.13. The fraction of sp³-hybridized carbons (Fsp3) is 0.0500. The molecule has 3 rings (SSSR count). The Morgan fingerprint density at radius 1 is 0.867 bits per heavy atom. The first-order valence-corrected chi connectivity index (χ1v) is 10.3. The number of carbonyl (C=O) groups is 2. The van der Waals surface area contributed by atoms with Gasteiger partial charge >= 0.3 is 0 Å². The van der Waals surface area contributed by atoms with Crippen molar-refractivity contribution in [2.24, 2.45) is 5.14 Å². The summed E-state index contributed by atoms with van der Waals surface area (Å²) in [5, 5.41) is 13.4. The Labute approximate surface area is 173 Å². The summed E-state index contributed by atoms with van der Waals surface area (Å²) in [6.45, 7) is 0.132. The third-order valence-electron chi connectivity index (χ3n) is 4.05. The number of hydrogen-bond donors (Lipinski definition) is 4. The van der Waals surface area contributed by atoms with Gasteiger partial charge in [0.25, 0.3) is 11.8 Å². The van der Waals surface area contributed by atoms with E-state index in [1.165, 1.54) is 18.3 Å². The number of aromatic nitrogens is 1. The number of carbonyl (C=O) groups excluding carboxylic acids is 2. The van der Waals surface area contributed by atoms with E-state index in [0.29, 0.717) is 22.5 Å². The van der Waals surface area contributed by atoms with Crippen LogP contribution in [0.5, 0.6) is 0 Å². The number of amides is 2. The predicted molar refractivity (Wildman–Crippen MR) is 112 cm³/mol. The van der Waals surface area contributed by atoms with Crippen LogP contribution >= 0.6 is 0 Å². The van der Waals surface area contributed by atoms with Gasteiger partial charge in [-0.3, -0.25) is 14.6 Å². The van der Waals surface area contributed by atoms with Crippen molar-refractivity contribution < 1.29 is 18.0 Å². The number of nitrogens with one attached hydrogen (secondary N) is 3. The Kier molecular flexibility index (Phi) is 6.40. The minimum absolute atomic E-state index is 0.00722. The fourth-order valence-corrected chi connectivity index (χ4v) is 3.01. The van der Waals surface area contributed by atoms with Gasteiger partial charge in [-0.1, -0.05) is 0 Å². The SMILES string of the molecule is NS(=O)(=O)c1ccc(NCNC(=O)c2ccc(NC(=O)c3cccnc3)cc2)cc1. The van der Waals surface area contributed by atoms with Gasteiger partial charge in [-0.2, -0.15) is 0 Å². The van der Waals surface area contributed by atoms with Gasteiger partial charge in [0.2, 0.25) is 10.0 Å². The van der Waals surface area contributed by atoms with Gasteiger partial charge in [0.05, 0.1) is 17.1 Å². The van der Waals surface area contributed by atoms with Gasteiger partial charge in [-0.15, -0.1) is 0 Å². The fourth-order valence-electron chi connectivity index (χ4n) is 2.50. The molecule has 0 spiro atoms. The van der Waals surface area contributed by atoms with Crippen LogP contribution in [0.2, 0.25) is 0 Å². The minimum atomic E-state index is -3.74. The molecule has 0 saturated heterocycles. The van der Waals surface area contributed by atoms with Crippen LogP contribution in [-0.4, -0.2) is 31.9 Å². The van der Waals surface area contributed by atoms with Gasteiger partial charge < -0.3 is 16.0 Å². The lowest BCUT2D eigenvalue weighted by molar-refractivity contribution is 0.0956. The van der Waals surface area contributed by atoms with Crippen LogP contribution < -0.4 is 21.1 Å². The standard InChI is InChI=1S/C20H19N5O4S/c21-30(28,29)18-9-7-16(8-10-18)23-13-24-19(26)14-3-5-17(6-4-14)25-20(27)15-2-1-11-22-12-15/h1-12,23H,13H2,(H,24,26)(H,25,27)(H2,21,28,29). The molecule has 154 valence electrons. The zero-order valence-electron chi connectivity index (χ0n) is 15.7. The van der Waals surface area contributed by atoms with Crippen LogP contribution in [0.4, 0.5) is 11.4 Å². The van der Waals surface area contributed by atoms with Crippen molar-refractivity contribution in [3.63, 3.8) is 0 Å². The van der Waals surface area contributed by atoms with Crippen molar-refractivity contribution in [3.8, 4) is 0 Å². The maximum atomic E-state index is 12.2. The Morgan fingerprint density at radius 3 is 2.13 bits per heavy atom. The second-order valence-electron chi connectivity index (χ2n) is 6.20. The van der Waals surface area contributed by atoms with Crippen LogP contribution in [-0.2, 0) is 10.0 Å². The number of sulfonamides is 1. The molecule has 2 amide bonds. The monoisotopic (exact) mass is 425 g/mol. The van der Waals surface area contributed by atoms with Gasteiger partial charge in [0.1, 0.15) is 0 Å². The second-order valence-corrected chi connectivity index (χ2v) is 7.76. The van der Waals surface area contributed by atoms with E-state index in [0.717, 1.165) is 0 Å². The molecule has 1 heterocycles. The van der Waals surface area contributed by atoms with Crippen LogP contribution in [0, 0.1) is 0 Å². The molecule has 0 atom stereocenters. The molecule has 0 aliphatic heterocycles. The third kappa shape index (κ3) is 5.63. The van der Waals surface area contributed by atoms with E-state index in [9.17, 15) is 18.0 Å². The maximum absolute atomic E-state index is 12.2. The molecular weight excluding hydrogens is 406 g/mol. The maximum Gasteiger partial charge on any atom is 0.257 e. The van der Waals surface area contributed by atoms with Gasteiger partial charge in [0.15, 0.2) is 0 Å². The average molecular weight is 425 g/mol. The van der Waals surface area contributed by atoms with Crippen LogP contribution in [0.1, 0.15) is 20.7 Å². The molecule has 0 aliphatic rings. The van der Waals surface area contributed by atoms with Gasteiger partial charge in [-0.05, 0) is 60.7 Å². The first-order chi connectivity index (χ1) is 14.3. The number of rotatable bonds is 7. The van der Waals surface area contributed by atoms with Gasteiger partial charge in [-0.25, -0.2) is 13.6 Å². The van der Waals surface area contributed by atoms with Crippen LogP contribution in [0.15, 0.2) is 78.0 Å². The molecule has 30 heavy (non-hydrogen) atoms. The molecule has 0 saturated carbocycles. The number of hydrogen-bond acceptors (Lipinski definition) is 6. The number of anilines is 2. The predicted octanol–water partition coefficient (Wildman–Crippen LogP) is 1.78. The number of nitrogens with zero attached hydrogens (tertiary/aromatic N) is 1. The molecule has 0 radical (unpaired) electrons. The number of benzene rings is 2. The second kappa shape index (κ2) is 9.16. The van der Waals surface area contributed by atoms with E-state index >= 15 is 0 Å². The molecule has 0 fully saturated rings. The number of primary sulfonamides is 1. The number of pyridine rings is 1. The molecule has 1 aromatic heterocycles. The van der Waals surface area contributed by atoms with E-state index < -0.39 is 10.0 Å². The van der Waals surface area contributed by atoms with Crippen LogP contribution in [0.3, 0.4) is 0 Å². The van der Waals surface area contributed by atoms with E-state index in [-0.39, 0.29) is 23.4 Å². The summed E-state index contributed by atoms with van der Waals surface area (Å²) in [7, 11) is -3.74. The van der Waals surface area contributed by atoms with Crippen molar-refractivity contribution in [2.45, 2.75) is 4.90 Å². The van der Waals surface area contributed by atoms with E-state index in [1.54, 1.807) is 54.7 Å². The normalized spacial score (nSPS) is 10.8. The first-order valence-electron chi connectivity index (χ1n) is 8.79. The third-order valence-corrected chi connectivity index (χ3v) is 4.98. The zero-order valence-corrected chi connectivity index (χ0v) is 16.5. The summed E-state index contributed by atoms with van der Waals surface area (Å²) in [6.07, 6.45) is 3.05. The first kappa shape index (κ1) is 21.0. The Morgan fingerprint density at radius 2 is 1.53 bits per heavy atom. The summed E-state index contributed by atoms with van der Waals surface area (Å²) in [5.74, 6) is -0.605. The Balaban J connectivity index is 1.50. The lowest BCUT2D eigenvalue weighted by atomic mass is 10.2. The highest BCUT2D eigenvalue weighted by molar-refractivity contribution is 7.89.